The van der Waals surface area contributed by atoms with Crippen LogP contribution in [0.3, 0.4) is 0 Å². The number of carbonyl (C=O) groups excluding carboxylic acids is 2. The summed E-state index contributed by atoms with van der Waals surface area (Å²) in [6.45, 7) is 4.11. The van der Waals surface area contributed by atoms with Gasteiger partial charge >= 0.3 is 0 Å². The van der Waals surface area contributed by atoms with Crippen molar-refractivity contribution < 1.29 is 14.3 Å². The summed E-state index contributed by atoms with van der Waals surface area (Å²) in [6.07, 6.45) is 1.91. The van der Waals surface area contributed by atoms with Crippen LogP contribution in [0.15, 0.2) is 59.6 Å². The summed E-state index contributed by atoms with van der Waals surface area (Å²) in [7, 11) is 1.60. The van der Waals surface area contributed by atoms with E-state index in [1.165, 1.54) is 11.8 Å². The van der Waals surface area contributed by atoms with Crippen molar-refractivity contribution in [1.29, 1.82) is 0 Å². The number of amidine groups is 1. The van der Waals surface area contributed by atoms with Gasteiger partial charge in [0.25, 0.3) is 0 Å². The third-order valence-corrected chi connectivity index (χ3v) is 6.00. The van der Waals surface area contributed by atoms with Gasteiger partial charge in [-0.25, -0.2) is 4.99 Å². The molecule has 0 aromatic heterocycles. The number of thioether (sulfide) groups is 1. The Morgan fingerprint density at radius 2 is 1.90 bits per heavy atom. The number of ether oxygens (including phenoxy) is 1. The Morgan fingerprint density at radius 3 is 2.60 bits per heavy atom. The minimum atomic E-state index is -0.499. The van der Waals surface area contributed by atoms with Crippen LogP contribution < -0.4 is 10.1 Å². The van der Waals surface area contributed by atoms with Gasteiger partial charge in [0.15, 0.2) is 5.17 Å². The average Bonchev–Trinajstić information content (AvgIpc) is 3.04. The van der Waals surface area contributed by atoms with E-state index in [1.54, 1.807) is 12.0 Å². The Hall–Kier alpha value is -2.80. The lowest BCUT2D eigenvalue weighted by atomic mass is 10.1. The van der Waals surface area contributed by atoms with Gasteiger partial charge in [0.2, 0.25) is 11.8 Å². The number of amides is 2. The Kier molecular flexibility index (Phi) is 7.52. The second-order valence-corrected chi connectivity index (χ2v) is 8.31. The molecule has 1 aliphatic heterocycles. The molecule has 1 heterocycles. The number of hydrogen-bond donors (Lipinski definition) is 1. The van der Waals surface area contributed by atoms with E-state index < -0.39 is 5.25 Å². The summed E-state index contributed by atoms with van der Waals surface area (Å²) >= 11 is 1.34. The lowest BCUT2D eigenvalue weighted by molar-refractivity contribution is -0.129. The fourth-order valence-corrected chi connectivity index (χ4v) is 4.61. The Morgan fingerprint density at radius 1 is 1.20 bits per heavy atom. The lowest BCUT2D eigenvalue weighted by Gasteiger charge is -2.24. The summed E-state index contributed by atoms with van der Waals surface area (Å²) in [4.78, 5) is 32.2. The third kappa shape index (κ3) is 5.21. The van der Waals surface area contributed by atoms with E-state index in [0.717, 1.165) is 18.5 Å². The van der Waals surface area contributed by atoms with E-state index in [4.69, 9.17) is 9.73 Å². The number of benzene rings is 2. The number of nitrogens with one attached hydrogen (secondary N) is 1. The standard InChI is InChI=1S/C23H27N3O3S/c1-4-10-16(2)26-22(28)20(15-21(27)24-17-11-6-5-7-12-17)30-23(26)25-18-13-8-9-14-19(18)29-3/h5-9,11-14,16,20H,4,10,15H2,1-3H3,(H,24,27)/t16-,20-/m1/s1. The first-order valence-corrected chi connectivity index (χ1v) is 11.0. The van der Waals surface area contributed by atoms with Crippen LogP contribution in [0.5, 0.6) is 5.75 Å². The highest BCUT2D eigenvalue weighted by molar-refractivity contribution is 8.15. The smallest absolute Gasteiger partial charge is 0.242 e. The highest BCUT2D eigenvalue weighted by Gasteiger charge is 2.41. The molecule has 0 bridgehead atoms. The van der Waals surface area contributed by atoms with Gasteiger partial charge in [0, 0.05) is 18.2 Å². The zero-order valence-corrected chi connectivity index (χ0v) is 18.3. The molecule has 0 spiro atoms. The zero-order chi connectivity index (χ0) is 21.5. The average molecular weight is 426 g/mol. The van der Waals surface area contributed by atoms with Crippen molar-refractivity contribution in [2.24, 2.45) is 4.99 Å². The van der Waals surface area contributed by atoms with Gasteiger partial charge < -0.3 is 10.1 Å². The summed E-state index contributed by atoms with van der Waals surface area (Å²) in [5.41, 5.74) is 1.38. The Balaban J connectivity index is 1.82. The molecule has 2 aromatic carbocycles. The molecule has 6 nitrogen and oxygen atoms in total. The quantitative estimate of drug-likeness (QED) is 0.657. The van der Waals surface area contributed by atoms with Gasteiger partial charge in [-0.15, -0.1) is 0 Å². The molecule has 1 N–H and O–H groups in total. The first kappa shape index (κ1) is 21.9. The highest BCUT2D eigenvalue weighted by Crippen LogP contribution is 2.36. The molecule has 158 valence electrons. The number of hydrogen-bond acceptors (Lipinski definition) is 5. The summed E-state index contributed by atoms with van der Waals surface area (Å²) < 4.78 is 5.40. The molecular weight excluding hydrogens is 398 g/mol. The molecule has 3 rings (SSSR count). The molecule has 0 radical (unpaired) electrons. The van der Waals surface area contributed by atoms with Gasteiger partial charge in [-0.3, -0.25) is 14.5 Å². The van der Waals surface area contributed by atoms with E-state index in [-0.39, 0.29) is 24.3 Å². The number of para-hydroxylation sites is 3. The third-order valence-electron chi connectivity index (χ3n) is 4.84. The predicted molar refractivity (Wildman–Crippen MR) is 122 cm³/mol. The van der Waals surface area contributed by atoms with Gasteiger partial charge in [-0.05, 0) is 37.6 Å². The van der Waals surface area contributed by atoms with Crippen LogP contribution in [-0.2, 0) is 9.59 Å². The van der Waals surface area contributed by atoms with Crippen molar-refractivity contribution in [3.05, 3.63) is 54.6 Å². The molecule has 1 fully saturated rings. The molecular formula is C23H27N3O3S. The molecule has 1 aliphatic rings. The maximum Gasteiger partial charge on any atom is 0.242 e. The second kappa shape index (κ2) is 10.3. The number of rotatable bonds is 8. The van der Waals surface area contributed by atoms with Crippen LogP contribution in [0.4, 0.5) is 11.4 Å². The van der Waals surface area contributed by atoms with Crippen molar-refractivity contribution in [1.82, 2.24) is 4.90 Å². The van der Waals surface area contributed by atoms with E-state index >= 15 is 0 Å². The fourth-order valence-electron chi connectivity index (χ4n) is 3.37. The van der Waals surface area contributed by atoms with Crippen LogP contribution in [0.25, 0.3) is 0 Å². The van der Waals surface area contributed by atoms with E-state index in [1.807, 2.05) is 61.5 Å². The van der Waals surface area contributed by atoms with Crippen molar-refractivity contribution >= 4 is 40.1 Å². The van der Waals surface area contributed by atoms with Crippen LogP contribution in [0.2, 0.25) is 0 Å². The number of carbonyl (C=O) groups is 2. The van der Waals surface area contributed by atoms with Crippen LogP contribution in [0.1, 0.15) is 33.1 Å². The maximum absolute atomic E-state index is 13.2. The molecule has 0 unspecified atom stereocenters. The molecule has 2 amide bonds. The van der Waals surface area contributed by atoms with E-state index in [9.17, 15) is 9.59 Å². The minimum absolute atomic E-state index is 0.00522. The summed E-state index contributed by atoms with van der Waals surface area (Å²) in [5.74, 6) is 0.387. The topological polar surface area (TPSA) is 71.0 Å². The van der Waals surface area contributed by atoms with Gasteiger partial charge in [-0.1, -0.05) is 55.4 Å². The zero-order valence-electron chi connectivity index (χ0n) is 17.5. The first-order chi connectivity index (χ1) is 14.5. The number of methoxy groups -OCH3 is 1. The lowest BCUT2D eigenvalue weighted by Crippen LogP contribution is -2.40. The Bertz CT molecular complexity index is 917. The molecule has 1 saturated heterocycles. The van der Waals surface area contributed by atoms with Gasteiger partial charge in [0.05, 0.1) is 7.11 Å². The van der Waals surface area contributed by atoms with Crippen molar-refractivity contribution in [2.75, 3.05) is 12.4 Å². The largest absolute Gasteiger partial charge is 0.494 e. The summed E-state index contributed by atoms with van der Waals surface area (Å²) in [5, 5.41) is 2.97. The normalized spacial score (nSPS) is 18.5. The molecule has 0 saturated carbocycles. The van der Waals surface area contributed by atoms with Crippen molar-refractivity contribution in [3.8, 4) is 5.75 Å². The van der Waals surface area contributed by atoms with E-state index in [2.05, 4.69) is 12.2 Å². The Labute approximate surface area is 181 Å². The van der Waals surface area contributed by atoms with E-state index in [0.29, 0.717) is 16.6 Å². The fraction of sp³-hybridized carbons (Fsp3) is 0.348. The molecule has 7 heteroatoms. The molecule has 30 heavy (non-hydrogen) atoms. The number of aliphatic imine (C=N–C) groups is 1. The summed E-state index contributed by atoms with van der Waals surface area (Å²) in [6, 6.07) is 16.7. The molecule has 0 aliphatic carbocycles. The minimum Gasteiger partial charge on any atom is -0.494 e. The van der Waals surface area contributed by atoms with Gasteiger partial charge in [0.1, 0.15) is 16.7 Å². The second-order valence-electron chi connectivity index (χ2n) is 7.14. The molecule has 2 atom stereocenters. The highest BCUT2D eigenvalue weighted by atomic mass is 32.2. The number of nitrogens with zero attached hydrogens (tertiary/aromatic N) is 2. The monoisotopic (exact) mass is 425 g/mol. The van der Waals surface area contributed by atoms with Crippen LogP contribution in [-0.4, -0.2) is 40.3 Å². The van der Waals surface area contributed by atoms with Crippen LogP contribution in [0, 0.1) is 0 Å². The molecule has 2 aromatic rings. The number of anilines is 1. The van der Waals surface area contributed by atoms with Crippen molar-refractivity contribution in [2.45, 2.75) is 44.4 Å². The van der Waals surface area contributed by atoms with Crippen LogP contribution >= 0.6 is 11.8 Å². The maximum atomic E-state index is 13.2. The first-order valence-electron chi connectivity index (χ1n) is 10.1. The van der Waals surface area contributed by atoms with Gasteiger partial charge in [-0.2, -0.15) is 0 Å². The predicted octanol–water partition coefficient (Wildman–Crippen LogP) is 4.84. The van der Waals surface area contributed by atoms with Crippen molar-refractivity contribution in [3.63, 3.8) is 0 Å². The SMILES string of the molecule is CCC[C@@H](C)N1C(=O)[C@@H](CC(=O)Nc2ccccc2)SC1=Nc1ccccc1OC.